The highest BCUT2D eigenvalue weighted by molar-refractivity contribution is 5.94. The molecule has 0 saturated carbocycles. The van der Waals surface area contributed by atoms with Crippen LogP contribution in [0.4, 0.5) is 0 Å². The van der Waals surface area contributed by atoms with Gasteiger partial charge in [-0.1, -0.05) is 6.07 Å². The highest BCUT2D eigenvalue weighted by Gasteiger charge is 2.13. The van der Waals surface area contributed by atoms with Gasteiger partial charge in [-0.2, -0.15) is 0 Å². The fourth-order valence-electron chi connectivity index (χ4n) is 2.37. The molecule has 1 aromatic carbocycles. The molecule has 0 unspecified atom stereocenters. The summed E-state index contributed by atoms with van der Waals surface area (Å²) in [7, 11) is 3.16. The first kappa shape index (κ1) is 18.3. The number of pyridine rings is 1. The van der Waals surface area contributed by atoms with Crippen molar-refractivity contribution in [3.05, 3.63) is 52.8 Å². The van der Waals surface area contributed by atoms with Gasteiger partial charge in [0.15, 0.2) is 0 Å². The number of hydrogen-bond acceptors (Lipinski definition) is 5. The zero-order valence-corrected chi connectivity index (χ0v) is 14.3. The number of carbonyl (C=O) groups excluding carboxylic acids is 1. The first-order valence-corrected chi connectivity index (χ1v) is 7.66. The molecule has 0 fully saturated rings. The Bertz CT molecular complexity index is 789. The minimum atomic E-state index is -1.07. The number of carboxylic acids is 1. The molecule has 0 spiro atoms. The summed E-state index contributed by atoms with van der Waals surface area (Å²) in [6.45, 7) is 1.95. The van der Waals surface area contributed by atoms with Crippen LogP contribution in [0.1, 0.15) is 32.1 Å². The van der Waals surface area contributed by atoms with Gasteiger partial charge in [-0.3, -0.25) is 4.79 Å². The molecule has 1 heterocycles. The normalized spacial score (nSPS) is 10.2. The van der Waals surface area contributed by atoms with Gasteiger partial charge in [0, 0.05) is 12.6 Å². The fraction of sp³-hybridized carbons (Fsp3) is 0.278. The summed E-state index contributed by atoms with van der Waals surface area (Å²) in [6, 6.07) is 8.28. The molecule has 0 bridgehead atoms. The largest absolute Gasteiger partial charge is 0.497 e. The van der Waals surface area contributed by atoms with Crippen LogP contribution in [0.15, 0.2) is 30.3 Å². The SMILES string of the molecule is COc1ccc(CCNC(=O)c2ccc(C(=O)O)c(C)n2)c(OC)c1. The van der Waals surface area contributed by atoms with Crippen molar-refractivity contribution >= 4 is 11.9 Å². The maximum atomic E-state index is 12.2. The Morgan fingerprint density at radius 1 is 1.16 bits per heavy atom. The zero-order chi connectivity index (χ0) is 18.4. The van der Waals surface area contributed by atoms with Crippen molar-refractivity contribution in [2.45, 2.75) is 13.3 Å². The minimum absolute atomic E-state index is 0.0829. The molecular formula is C18H20N2O5. The lowest BCUT2D eigenvalue weighted by atomic mass is 10.1. The van der Waals surface area contributed by atoms with E-state index in [0.29, 0.717) is 30.2 Å². The number of nitrogens with zero attached hydrogens (tertiary/aromatic N) is 1. The van der Waals surface area contributed by atoms with Gasteiger partial charge in [0.25, 0.3) is 5.91 Å². The second kappa shape index (κ2) is 8.14. The number of rotatable bonds is 7. The Morgan fingerprint density at radius 3 is 2.52 bits per heavy atom. The molecule has 0 radical (unpaired) electrons. The Kier molecular flexibility index (Phi) is 5.94. The number of ether oxygens (including phenoxy) is 2. The molecule has 2 N–H and O–H groups in total. The number of aromatic carboxylic acids is 1. The van der Waals surface area contributed by atoms with Gasteiger partial charge < -0.3 is 19.9 Å². The van der Waals surface area contributed by atoms with Crippen molar-refractivity contribution < 1.29 is 24.2 Å². The van der Waals surface area contributed by atoms with Crippen molar-refractivity contribution in [3.8, 4) is 11.5 Å². The number of aryl methyl sites for hydroxylation is 1. The van der Waals surface area contributed by atoms with E-state index >= 15 is 0 Å². The molecule has 1 aromatic heterocycles. The first-order chi connectivity index (χ1) is 12.0. The third-order valence-electron chi connectivity index (χ3n) is 3.72. The van der Waals surface area contributed by atoms with Crippen molar-refractivity contribution in [1.82, 2.24) is 10.3 Å². The Balaban J connectivity index is 1.99. The average molecular weight is 344 g/mol. The molecule has 0 atom stereocenters. The van der Waals surface area contributed by atoms with E-state index in [1.807, 2.05) is 12.1 Å². The lowest BCUT2D eigenvalue weighted by Crippen LogP contribution is -2.27. The predicted molar refractivity (Wildman–Crippen MR) is 91.5 cm³/mol. The molecular weight excluding hydrogens is 324 g/mol. The molecule has 0 aliphatic carbocycles. The monoisotopic (exact) mass is 344 g/mol. The van der Waals surface area contributed by atoms with Crippen LogP contribution in [0, 0.1) is 6.92 Å². The zero-order valence-electron chi connectivity index (χ0n) is 14.3. The summed E-state index contributed by atoms with van der Waals surface area (Å²) in [5, 5.41) is 11.8. The van der Waals surface area contributed by atoms with Gasteiger partial charge in [-0.15, -0.1) is 0 Å². The van der Waals surface area contributed by atoms with Gasteiger partial charge >= 0.3 is 5.97 Å². The number of benzene rings is 1. The highest BCUT2D eigenvalue weighted by atomic mass is 16.5. The average Bonchev–Trinajstić information content (AvgIpc) is 2.61. The Morgan fingerprint density at radius 2 is 1.92 bits per heavy atom. The summed E-state index contributed by atoms with van der Waals surface area (Å²) in [6.07, 6.45) is 0.575. The summed E-state index contributed by atoms with van der Waals surface area (Å²) in [5.41, 5.74) is 1.51. The lowest BCUT2D eigenvalue weighted by molar-refractivity contribution is 0.0694. The molecule has 25 heavy (non-hydrogen) atoms. The van der Waals surface area contributed by atoms with E-state index in [2.05, 4.69) is 10.3 Å². The number of methoxy groups -OCH3 is 2. The van der Waals surface area contributed by atoms with E-state index in [9.17, 15) is 9.59 Å². The minimum Gasteiger partial charge on any atom is -0.497 e. The van der Waals surface area contributed by atoms with Crippen LogP contribution in [0.3, 0.4) is 0 Å². The van der Waals surface area contributed by atoms with Crippen molar-refractivity contribution in [3.63, 3.8) is 0 Å². The molecule has 132 valence electrons. The van der Waals surface area contributed by atoms with Crippen LogP contribution >= 0.6 is 0 Å². The van der Waals surface area contributed by atoms with E-state index in [0.717, 1.165) is 5.56 Å². The second-order valence-corrected chi connectivity index (χ2v) is 5.32. The van der Waals surface area contributed by atoms with Crippen molar-refractivity contribution in [2.24, 2.45) is 0 Å². The third kappa shape index (κ3) is 4.47. The Hall–Kier alpha value is -3.09. The van der Waals surface area contributed by atoms with Gasteiger partial charge in [0.2, 0.25) is 0 Å². The number of hydrogen-bond donors (Lipinski definition) is 2. The third-order valence-corrected chi connectivity index (χ3v) is 3.72. The molecule has 2 aromatic rings. The van der Waals surface area contributed by atoms with Crippen LogP contribution in [0.2, 0.25) is 0 Å². The van der Waals surface area contributed by atoms with E-state index in [1.165, 1.54) is 12.1 Å². The van der Waals surface area contributed by atoms with E-state index < -0.39 is 5.97 Å². The molecule has 0 aliphatic heterocycles. The number of nitrogens with one attached hydrogen (secondary N) is 1. The molecule has 2 rings (SSSR count). The standard InChI is InChI=1S/C18H20N2O5/c1-11-14(18(22)23)6-7-15(20-11)17(21)19-9-8-12-4-5-13(24-2)10-16(12)25-3/h4-7,10H,8-9H2,1-3H3,(H,19,21)(H,22,23). The number of aromatic nitrogens is 1. The molecule has 7 heteroatoms. The van der Waals surface area contributed by atoms with Crippen LogP contribution in [-0.4, -0.2) is 42.7 Å². The van der Waals surface area contributed by atoms with Gasteiger partial charge in [-0.05, 0) is 37.1 Å². The van der Waals surface area contributed by atoms with Crippen molar-refractivity contribution in [1.29, 1.82) is 0 Å². The topological polar surface area (TPSA) is 97.8 Å². The summed E-state index contributed by atoms with van der Waals surface area (Å²) >= 11 is 0. The molecule has 0 saturated heterocycles. The van der Waals surface area contributed by atoms with Crippen molar-refractivity contribution in [2.75, 3.05) is 20.8 Å². The Labute approximate surface area is 145 Å². The van der Waals surface area contributed by atoms with Crippen LogP contribution in [0.5, 0.6) is 11.5 Å². The molecule has 0 aliphatic rings. The fourth-order valence-corrected chi connectivity index (χ4v) is 2.37. The lowest BCUT2D eigenvalue weighted by Gasteiger charge is -2.11. The maximum absolute atomic E-state index is 12.2. The number of carboxylic acid groups (broad SMARTS) is 1. The van der Waals surface area contributed by atoms with Gasteiger partial charge in [-0.25, -0.2) is 9.78 Å². The summed E-state index contributed by atoms with van der Waals surface area (Å²) in [5.74, 6) is -0.0349. The van der Waals surface area contributed by atoms with Crippen LogP contribution in [0.25, 0.3) is 0 Å². The smallest absolute Gasteiger partial charge is 0.337 e. The molecule has 1 amide bonds. The van der Waals surface area contributed by atoms with E-state index in [4.69, 9.17) is 14.6 Å². The second-order valence-electron chi connectivity index (χ2n) is 5.32. The van der Waals surface area contributed by atoms with Gasteiger partial charge in [0.05, 0.1) is 25.5 Å². The number of carbonyl (C=O) groups is 2. The maximum Gasteiger partial charge on any atom is 0.337 e. The van der Waals surface area contributed by atoms with Crippen LogP contribution in [-0.2, 0) is 6.42 Å². The first-order valence-electron chi connectivity index (χ1n) is 7.66. The summed E-state index contributed by atoms with van der Waals surface area (Å²) < 4.78 is 10.5. The van der Waals surface area contributed by atoms with E-state index in [1.54, 1.807) is 27.2 Å². The van der Waals surface area contributed by atoms with Gasteiger partial charge in [0.1, 0.15) is 17.2 Å². The van der Waals surface area contributed by atoms with E-state index in [-0.39, 0.29) is 17.2 Å². The highest BCUT2D eigenvalue weighted by Crippen LogP contribution is 2.24. The molecule has 7 nitrogen and oxygen atoms in total. The summed E-state index contributed by atoms with van der Waals surface area (Å²) in [4.78, 5) is 27.2. The van der Waals surface area contributed by atoms with Crippen LogP contribution < -0.4 is 14.8 Å². The predicted octanol–water partition coefficient (Wildman–Crippen LogP) is 2.08. The number of amides is 1. The quantitative estimate of drug-likeness (QED) is 0.798.